The van der Waals surface area contributed by atoms with E-state index in [1.807, 2.05) is 26.8 Å². The fourth-order valence-corrected chi connectivity index (χ4v) is 1.26. The molecule has 0 atom stereocenters. The summed E-state index contributed by atoms with van der Waals surface area (Å²) in [5, 5.41) is 1.62. The molecule has 3 nitrogen and oxygen atoms in total. The van der Waals surface area contributed by atoms with E-state index in [0.29, 0.717) is 5.39 Å². The molecule has 0 saturated heterocycles. The number of aryl methyl sites for hydroxylation is 1. The van der Waals surface area contributed by atoms with Crippen molar-refractivity contribution in [2.45, 2.75) is 20.8 Å². The highest BCUT2D eigenvalue weighted by Crippen LogP contribution is 2.10. The summed E-state index contributed by atoms with van der Waals surface area (Å²) < 4.78 is 0. The minimum atomic E-state index is -0.0799. The van der Waals surface area contributed by atoms with Crippen molar-refractivity contribution in [3.05, 3.63) is 40.6 Å². The predicted octanol–water partition coefficient (Wildman–Crippen LogP) is 2.26. The van der Waals surface area contributed by atoms with E-state index in [9.17, 15) is 4.79 Å². The minimum Gasteiger partial charge on any atom is -0.329 e. The highest BCUT2D eigenvalue weighted by atomic mass is 16.1. The highest BCUT2D eigenvalue weighted by molar-refractivity contribution is 5.83. The Hall–Kier alpha value is -1.64. The average molecular weight is 190 g/mol. The second kappa shape index (κ2) is 4.56. The lowest BCUT2D eigenvalue weighted by Gasteiger charge is -1.97. The Morgan fingerprint density at radius 3 is 2.57 bits per heavy atom. The summed E-state index contributed by atoms with van der Waals surface area (Å²) in [5.41, 5.74) is 0.947. The van der Waals surface area contributed by atoms with Crippen LogP contribution in [0.4, 0.5) is 0 Å². The van der Waals surface area contributed by atoms with E-state index in [0.717, 1.165) is 10.9 Å². The molecular formula is C11H14N2O. The second-order valence-electron chi connectivity index (χ2n) is 2.72. The van der Waals surface area contributed by atoms with E-state index in [1.54, 1.807) is 18.6 Å². The number of rotatable bonds is 0. The molecule has 0 spiro atoms. The van der Waals surface area contributed by atoms with Gasteiger partial charge in [0.25, 0.3) is 5.56 Å². The van der Waals surface area contributed by atoms with Gasteiger partial charge in [0, 0.05) is 18.6 Å². The predicted molar refractivity (Wildman–Crippen MR) is 58.4 cm³/mol. The summed E-state index contributed by atoms with van der Waals surface area (Å²) in [7, 11) is 0. The van der Waals surface area contributed by atoms with Gasteiger partial charge < -0.3 is 4.98 Å². The molecule has 2 heterocycles. The van der Waals surface area contributed by atoms with E-state index in [1.165, 1.54) is 0 Å². The molecule has 0 aliphatic heterocycles. The molecule has 0 radical (unpaired) electrons. The third-order valence-corrected chi connectivity index (χ3v) is 1.90. The van der Waals surface area contributed by atoms with E-state index >= 15 is 0 Å². The zero-order chi connectivity index (χ0) is 10.6. The van der Waals surface area contributed by atoms with Crippen LogP contribution in [-0.2, 0) is 0 Å². The Morgan fingerprint density at radius 1 is 1.21 bits per heavy atom. The smallest absolute Gasteiger partial charge is 0.257 e. The molecule has 0 bridgehead atoms. The van der Waals surface area contributed by atoms with Gasteiger partial charge in [-0.2, -0.15) is 0 Å². The molecule has 0 unspecified atom stereocenters. The fourth-order valence-electron chi connectivity index (χ4n) is 1.26. The number of nitrogens with one attached hydrogen (secondary N) is 1. The molecule has 2 aromatic heterocycles. The largest absolute Gasteiger partial charge is 0.329 e. The third-order valence-electron chi connectivity index (χ3n) is 1.90. The maximum absolute atomic E-state index is 11.2. The SMILES string of the molecule is CC.Cc1cncc2c(=O)[nH]ccc12. The molecule has 0 aliphatic carbocycles. The highest BCUT2D eigenvalue weighted by Gasteiger charge is 1.98. The standard InChI is InChI=1S/C9H8N2O.C2H6/c1-6-4-10-5-8-7(6)2-3-11-9(8)12;1-2/h2-5H,1H3,(H,11,12);1-2H3. The monoisotopic (exact) mass is 190 g/mol. The number of aromatic nitrogens is 2. The van der Waals surface area contributed by atoms with Crippen molar-refractivity contribution in [2.75, 3.05) is 0 Å². The van der Waals surface area contributed by atoms with Crippen LogP contribution in [0.1, 0.15) is 19.4 Å². The molecule has 0 aromatic carbocycles. The molecule has 0 fully saturated rings. The Morgan fingerprint density at radius 2 is 1.93 bits per heavy atom. The zero-order valence-corrected chi connectivity index (χ0v) is 8.66. The summed E-state index contributed by atoms with van der Waals surface area (Å²) in [6.45, 7) is 5.94. The first-order valence-corrected chi connectivity index (χ1v) is 4.71. The Balaban J connectivity index is 0.000000461. The first kappa shape index (κ1) is 10.4. The maximum atomic E-state index is 11.2. The lowest BCUT2D eigenvalue weighted by atomic mass is 10.1. The molecule has 2 aromatic rings. The second-order valence-corrected chi connectivity index (χ2v) is 2.72. The summed E-state index contributed by atoms with van der Waals surface area (Å²) >= 11 is 0. The van der Waals surface area contributed by atoms with Crippen molar-refractivity contribution in [3.63, 3.8) is 0 Å². The third kappa shape index (κ3) is 1.82. The Bertz CT molecular complexity index is 474. The van der Waals surface area contributed by atoms with Crippen LogP contribution < -0.4 is 5.56 Å². The lowest BCUT2D eigenvalue weighted by Crippen LogP contribution is -2.05. The maximum Gasteiger partial charge on any atom is 0.257 e. The van der Waals surface area contributed by atoms with Crippen molar-refractivity contribution >= 4 is 10.8 Å². The summed E-state index contributed by atoms with van der Waals surface area (Å²) in [6, 6.07) is 1.88. The van der Waals surface area contributed by atoms with E-state index in [2.05, 4.69) is 9.97 Å². The van der Waals surface area contributed by atoms with Crippen molar-refractivity contribution in [1.29, 1.82) is 0 Å². The van der Waals surface area contributed by atoms with Gasteiger partial charge >= 0.3 is 0 Å². The van der Waals surface area contributed by atoms with Gasteiger partial charge in [-0.05, 0) is 23.9 Å². The zero-order valence-electron chi connectivity index (χ0n) is 8.66. The molecule has 1 N–H and O–H groups in total. The van der Waals surface area contributed by atoms with Crippen LogP contribution in [0.15, 0.2) is 29.5 Å². The molecule has 2 rings (SSSR count). The summed E-state index contributed by atoms with van der Waals surface area (Å²) in [6.07, 6.45) is 4.99. The normalized spacial score (nSPS) is 9.36. The number of fused-ring (bicyclic) bond motifs is 1. The van der Waals surface area contributed by atoms with Gasteiger partial charge in [-0.1, -0.05) is 13.8 Å². The van der Waals surface area contributed by atoms with E-state index < -0.39 is 0 Å². The van der Waals surface area contributed by atoms with E-state index in [-0.39, 0.29) is 5.56 Å². The molecule has 0 aliphatic rings. The molecule has 0 saturated carbocycles. The lowest BCUT2D eigenvalue weighted by molar-refractivity contribution is 1.24. The number of nitrogens with zero attached hydrogens (tertiary/aromatic N) is 1. The van der Waals surface area contributed by atoms with Crippen LogP contribution in [0.5, 0.6) is 0 Å². The minimum absolute atomic E-state index is 0.0799. The van der Waals surface area contributed by atoms with Gasteiger partial charge in [-0.15, -0.1) is 0 Å². The average Bonchev–Trinajstić information content (AvgIpc) is 2.23. The number of pyridine rings is 2. The van der Waals surface area contributed by atoms with Crippen LogP contribution in [0, 0.1) is 6.92 Å². The van der Waals surface area contributed by atoms with Crippen LogP contribution in [0.25, 0.3) is 10.8 Å². The Labute approximate surface area is 82.8 Å². The van der Waals surface area contributed by atoms with E-state index in [4.69, 9.17) is 0 Å². The Kier molecular flexibility index (Phi) is 3.40. The molecular weight excluding hydrogens is 176 g/mol. The van der Waals surface area contributed by atoms with Crippen molar-refractivity contribution in [1.82, 2.24) is 9.97 Å². The number of hydrogen-bond donors (Lipinski definition) is 1. The van der Waals surface area contributed by atoms with Gasteiger partial charge in [0.05, 0.1) is 5.39 Å². The summed E-state index contributed by atoms with van der Waals surface area (Å²) in [5.74, 6) is 0. The van der Waals surface area contributed by atoms with Gasteiger partial charge in [0.1, 0.15) is 0 Å². The van der Waals surface area contributed by atoms with Crippen LogP contribution in [0.3, 0.4) is 0 Å². The molecule has 74 valence electrons. The van der Waals surface area contributed by atoms with Crippen LogP contribution in [-0.4, -0.2) is 9.97 Å². The van der Waals surface area contributed by atoms with Crippen molar-refractivity contribution < 1.29 is 0 Å². The van der Waals surface area contributed by atoms with Crippen molar-refractivity contribution in [3.8, 4) is 0 Å². The quantitative estimate of drug-likeness (QED) is 0.692. The summed E-state index contributed by atoms with van der Waals surface area (Å²) in [4.78, 5) is 17.8. The number of aromatic amines is 1. The van der Waals surface area contributed by atoms with Gasteiger partial charge in [0.15, 0.2) is 0 Å². The first-order chi connectivity index (χ1) is 6.79. The first-order valence-electron chi connectivity index (χ1n) is 4.71. The van der Waals surface area contributed by atoms with Gasteiger partial charge in [-0.25, -0.2) is 0 Å². The number of H-pyrrole nitrogens is 1. The molecule has 0 amide bonds. The topological polar surface area (TPSA) is 45.8 Å². The number of hydrogen-bond acceptors (Lipinski definition) is 2. The van der Waals surface area contributed by atoms with Gasteiger partial charge in [-0.3, -0.25) is 9.78 Å². The molecule has 14 heavy (non-hydrogen) atoms. The van der Waals surface area contributed by atoms with Crippen molar-refractivity contribution in [2.24, 2.45) is 0 Å². The van der Waals surface area contributed by atoms with Crippen LogP contribution in [0.2, 0.25) is 0 Å². The van der Waals surface area contributed by atoms with Gasteiger partial charge in [0.2, 0.25) is 0 Å². The fraction of sp³-hybridized carbons (Fsp3) is 0.273. The van der Waals surface area contributed by atoms with Crippen LogP contribution >= 0.6 is 0 Å². The molecule has 3 heteroatoms.